The molecular formula is C20H25NO. The van der Waals surface area contributed by atoms with Crippen molar-refractivity contribution in [3.05, 3.63) is 58.9 Å². The highest BCUT2D eigenvalue weighted by atomic mass is 16.3. The van der Waals surface area contributed by atoms with Crippen LogP contribution in [-0.2, 0) is 6.61 Å². The molecule has 0 atom stereocenters. The second kappa shape index (κ2) is 7.90. The van der Waals surface area contributed by atoms with Crippen molar-refractivity contribution in [2.45, 2.75) is 46.6 Å². The number of nitrogens with zero attached hydrogens (tertiary/aromatic N) is 1. The Morgan fingerprint density at radius 1 is 1.09 bits per heavy atom. The molecule has 1 heterocycles. The van der Waals surface area contributed by atoms with Gasteiger partial charge in [-0.1, -0.05) is 62.2 Å². The summed E-state index contributed by atoms with van der Waals surface area (Å²) in [7, 11) is 0. The Bertz CT molecular complexity index is 645. The van der Waals surface area contributed by atoms with Gasteiger partial charge in [-0.3, -0.25) is 4.98 Å². The smallest absolute Gasteiger partial charge is 0.0705 e. The van der Waals surface area contributed by atoms with E-state index in [0.717, 1.165) is 40.1 Å². The van der Waals surface area contributed by atoms with Crippen molar-refractivity contribution in [3.63, 3.8) is 0 Å². The number of hydrogen-bond acceptors (Lipinski definition) is 2. The number of aromatic nitrogens is 1. The lowest BCUT2D eigenvalue weighted by Gasteiger charge is -2.16. The van der Waals surface area contributed by atoms with E-state index in [-0.39, 0.29) is 6.61 Å². The van der Waals surface area contributed by atoms with Crippen molar-refractivity contribution < 1.29 is 5.11 Å². The Morgan fingerprint density at radius 3 is 2.45 bits per heavy atom. The molecule has 0 saturated carbocycles. The fourth-order valence-corrected chi connectivity index (χ4v) is 2.76. The number of aliphatic hydroxyl groups is 1. The van der Waals surface area contributed by atoms with Crippen LogP contribution in [0.4, 0.5) is 0 Å². The maximum absolute atomic E-state index is 9.82. The van der Waals surface area contributed by atoms with Gasteiger partial charge in [0.1, 0.15) is 0 Å². The molecule has 0 fully saturated rings. The SMILES string of the molecule is CCCC/C=C/c1c(C)nc(C)c(CO)c1-c1ccccc1. The van der Waals surface area contributed by atoms with Crippen LogP contribution in [0.3, 0.4) is 0 Å². The zero-order valence-corrected chi connectivity index (χ0v) is 13.8. The van der Waals surface area contributed by atoms with Gasteiger partial charge in [0.15, 0.2) is 0 Å². The summed E-state index contributed by atoms with van der Waals surface area (Å²) < 4.78 is 0. The van der Waals surface area contributed by atoms with Gasteiger partial charge in [0, 0.05) is 22.5 Å². The molecule has 0 saturated heterocycles. The molecule has 2 aromatic rings. The summed E-state index contributed by atoms with van der Waals surface area (Å²) in [4.78, 5) is 4.62. The molecule has 1 aromatic carbocycles. The van der Waals surface area contributed by atoms with Crippen LogP contribution in [-0.4, -0.2) is 10.1 Å². The molecule has 2 heteroatoms. The van der Waals surface area contributed by atoms with E-state index in [2.05, 4.69) is 36.2 Å². The molecular weight excluding hydrogens is 270 g/mol. The predicted octanol–water partition coefficient (Wildman–Crippen LogP) is 5.06. The van der Waals surface area contributed by atoms with Gasteiger partial charge in [0.2, 0.25) is 0 Å². The number of allylic oxidation sites excluding steroid dienone is 1. The normalized spacial score (nSPS) is 11.3. The summed E-state index contributed by atoms with van der Waals surface area (Å²) in [6.07, 6.45) is 7.85. The molecule has 0 bridgehead atoms. The van der Waals surface area contributed by atoms with Crippen LogP contribution in [0.15, 0.2) is 36.4 Å². The Hall–Kier alpha value is -1.93. The number of rotatable bonds is 6. The molecule has 22 heavy (non-hydrogen) atoms. The second-order valence-electron chi connectivity index (χ2n) is 5.62. The van der Waals surface area contributed by atoms with Crippen LogP contribution in [0.1, 0.15) is 48.7 Å². The van der Waals surface area contributed by atoms with Crippen molar-refractivity contribution in [3.8, 4) is 11.1 Å². The van der Waals surface area contributed by atoms with Gasteiger partial charge >= 0.3 is 0 Å². The fraction of sp³-hybridized carbons (Fsp3) is 0.350. The molecule has 0 aliphatic heterocycles. The van der Waals surface area contributed by atoms with Crippen LogP contribution < -0.4 is 0 Å². The maximum atomic E-state index is 9.82. The van der Waals surface area contributed by atoms with E-state index >= 15 is 0 Å². The van der Waals surface area contributed by atoms with E-state index in [0.29, 0.717) is 0 Å². The topological polar surface area (TPSA) is 33.1 Å². The van der Waals surface area contributed by atoms with Gasteiger partial charge in [-0.05, 0) is 31.4 Å². The maximum Gasteiger partial charge on any atom is 0.0705 e. The van der Waals surface area contributed by atoms with Crippen LogP contribution in [0.5, 0.6) is 0 Å². The third-order valence-corrected chi connectivity index (χ3v) is 3.96. The Balaban J connectivity index is 2.58. The molecule has 0 radical (unpaired) electrons. The van der Waals surface area contributed by atoms with E-state index in [1.807, 2.05) is 32.0 Å². The molecule has 0 aliphatic carbocycles. The van der Waals surface area contributed by atoms with E-state index in [1.54, 1.807) is 0 Å². The van der Waals surface area contributed by atoms with Crippen molar-refractivity contribution in [1.29, 1.82) is 0 Å². The van der Waals surface area contributed by atoms with Crippen molar-refractivity contribution in [2.75, 3.05) is 0 Å². The van der Waals surface area contributed by atoms with Crippen molar-refractivity contribution in [2.24, 2.45) is 0 Å². The van der Waals surface area contributed by atoms with Crippen molar-refractivity contribution >= 4 is 6.08 Å². The summed E-state index contributed by atoms with van der Waals surface area (Å²) in [6, 6.07) is 10.3. The second-order valence-corrected chi connectivity index (χ2v) is 5.62. The average molecular weight is 295 g/mol. The fourth-order valence-electron chi connectivity index (χ4n) is 2.76. The van der Waals surface area contributed by atoms with E-state index in [4.69, 9.17) is 0 Å². The molecule has 0 amide bonds. The Morgan fingerprint density at radius 2 is 1.82 bits per heavy atom. The van der Waals surface area contributed by atoms with Gasteiger partial charge in [0.25, 0.3) is 0 Å². The van der Waals surface area contributed by atoms with Crippen LogP contribution in [0.25, 0.3) is 17.2 Å². The molecule has 116 valence electrons. The highest BCUT2D eigenvalue weighted by molar-refractivity contribution is 5.79. The first-order valence-corrected chi connectivity index (χ1v) is 8.02. The number of aryl methyl sites for hydroxylation is 2. The first-order chi connectivity index (χ1) is 10.7. The standard InChI is InChI=1S/C20H25NO/c1-4-5-6-10-13-18-15(2)21-16(3)19(14-22)20(18)17-11-8-7-9-12-17/h7-13,22H,4-6,14H2,1-3H3/b13-10+. The summed E-state index contributed by atoms with van der Waals surface area (Å²) >= 11 is 0. The highest BCUT2D eigenvalue weighted by Crippen LogP contribution is 2.32. The number of pyridine rings is 1. The lowest BCUT2D eigenvalue weighted by atomic mass is 9.92. The zero-order valence-electron chi connectivity index (χ0n) is 13.8. The van der Waals surface area contributed by atoms with E-state index in [9.17, 15) is 5.11 Å². The highest BCUT2D eigenvalue weighted by Gasteiger charge is 2.15. The van der Waals surface area contributed by atoms with E-state index < -0.39 is 0 Å². The Kier molecular flexibility index (Phi) is 5.91. The lowest BCUT2D eigenvalue weighted by molar-refractivity contribution is 0.281. The summed E-state index contributed by atoms with van der Waals surface area (Å²) in [5.74, 6) is 0. The van der Waals surface area contributed by atoms with Gasteiger partial charge in [0.05, 0.1) is 6.61 Å². The number of aliphatic hydroxyl groups excluding tert-OH is 1. The summed E-state index contributed by atoms with van der Waals surface area (Å²) in [5.41, 5.74) is 6.21. The third kappa shape index (κ3) is 3.63. The molecule has 0 aliphatic rings. The van der Waals surface area contributed by atoms with Gasteiger partial charge < -0.3 is 5.11 Å². The van der Waals surface area contributed by atoms with Gasteiger partial charge in [-0.15, -0.1) is 0 Å². The molecule has 1 N–H and O–H groups in total. The first kappa shape index (κ1) is 16.4. The monoisotopic (exact) mass is 295 g/mol. The van der Waals surface area contributed by atoms with Crippen LogP contribution in [0, 0.1) is 13.8 Å². The molecule has 2 nitrogen and oxygen atoms in total. The lowest BCUT2D eigenvalue weighted by Crippen LogP contribution is -2.03. The summed E-state index contributed by atoms with van der Waals surface area (Å²) in [6.45, 7) is 6.22. The zero-order chi connectivity index (χ0) is 15.9. The third-order valence-electron chi connectivity index (χ3n) is 3.96. The Labute approximate surface area is 133 Å². The van der Waals surface area contributed by atoms with Crippen LogP contribution in [0.2, 0.25) is 0 Å². The predicted molar refractivity (Wildman–Crippen MR) is 93.6 cm³/mol. The van der Waals surface area contributed by atoms with Gasteiger partial charge in [-0.25, -0.2) is 0 Å². The molecule has 0 unspecified atom stereocenters. The summed E-state index contributed by atoms with van der Waals surface area (Å²) in [5, 5.41) is 9.82. The largest absolute Gasteiger partial charge is 0.392 e. The molecule has 2 rings (SSSR count). The number of unbranched alkanes of at least 4 members (excludes halogenated alkanes) is 2. The van der Waals surface area contributed by atoms with Crippen LogP contribution >= 0.6 is 0 Å². The number of hydrogen-bond donors (Lipinski definition) is 1. The van der Waals surface area contributed by atoms with Crippen molar-refractivity contribution in [1.82, 2.24) is 4.98 Å². The minimum Gasteiger partial charge on any atom is -0.392 e. The molecule has 0 spiro atoms. The number of benzene rings is 1. The minimum absolute atomic E-state index is 0.0130. The molecule has 1 aromatic heterocycles. The quantitative estimate of drug-likeness (QED) is 0.755. The average Bonchev–Trinajstić information content (AvgIpc) is 2.53. The minimum atomic E-state index is 0.0130. The van der Waals surface area contributed by atoms with Gasteiger partial charge in [-0.2, -0.15) is 0 Å². The van der Waals surface area contributed by atoms with E-state index in [1.165, 1.54) is 12.8 Å². The first-order valence-electron chi connectivity index (χ1n) is 8.02.